The van der Waals surface area contributed by atoms with Crippen molar-refractivity contribution in [3.8, 4) is 0 Å². The number of hydrogen-bond donors (Lipinski definition) is 0. The molecule has 0 fully saturated rings. The average molecular weight is 151 g/mol. The summed E-state index contributed by atoms with van der Waals surface area (Å²) >= 11 is 4.61. The Morgan fingerprint density at radius 2 is 2.25 bits per heavy atom. The van der Waals surface area contributed by atoms with Gasteiger partial charge in [0.15, 0.2) is 11.8 Å². The third-order valence-electron chi connectivity index (χ3n) is 0.909. The molecule has 0 aliphatic rings. The maximum absolute atomic E-state index is 4.98. The lowest BCUT2D eigenvalue weighted by molar-refractivity contribution is 0.355. The fourth-order valence-corrected chi connectivity index (χ4v) is 0.944. The molecule has 0 rings (SSSR count). The van der Waals surface area contributed by atoms with Gasteiger partial charge in [0.2, 0.25) is 0 Å². The van der Waals surface area contributed by atoms with E-state index in [1.165, 1.54) is 19.3 Å². The molecular formula is C5H12OPS+. The molecule has 3 heteroatoms. The second-order valence-electron chi connectivity index (χ2n) is 1.64. The number of unbranched alkanes of at least 4 members (excludes halogenated alkanes) is 2. The van der Waals surface area contributed by atoms with E-state index >= 15 is 0 Å². The smallest absolute Gasteiger partial charge is 0.170 e. The molecule has 0 aromatic rings. The summed E-state index contributed by atoms with van der Waals surface area (Å²) in [6.07, 6.45) is 3.68. The zero-order chi connectivity index (χ0) is 6.24. The van der Waals surface area contributed by atoms with Gasteiger partial charge in [-0.1, -0.05) is 19.8 Å². The highest BCUT2D eigenvalue weighted by atomic mass is 32.4. The monoisotopic (exact) mass is 151 g/mol. The van der Waals surface area contributed by atoms with Gasteiger partial charge < -0.3 is 0 Å². The Labute approximate surface area is 57.3 Å². The normalized spacial score (nSPS) is 10.1. The third kappa shape index (κ3) is 6.48. The van der Waals surface area contributed by atoms with Gasteiger partial charge in [-0.15, -0.1) is 0 Å². The Bertz CT molecular complexity index is 58.4. The molecule has 0 heterocycles. The minimum Gasteiger partial charge on any atom is -0.170 e. The van der Waals surface area contributed by atoms with Gasteiger partial charge in [0.1, 0.15) is 6.61 Å². The Kier molecular flexibility index (Phi) is 7.93. The van der Waals surface area contributed by atoms with Crippen molar-refractivity contribution in [2.24, 2.45) is 0 Å². The molecule has 1 nitrogen and oxygen atoms in total. The summed E-state index contributed by atoms with van der Waals surface area (Å²) in [4.78, 5) is 0. The molecule has 0 aliphatic heterocycles. The van der Waals surface area contributed by atoms with Gasteiger partial charge in [0, 0.05) is 0 Å². The van der Waals surface area contributed by atoms with Gasteiger partial charge in [0.25, 0.3) is 0 Å². The van der Waals surface area contributed by atoms with Crippen LogP contribution in [-0.2, 0) is 16.3 Å². The van der Waals surface area contributed by atoms with E-state index in [1.807, 2.05) is 0 Å². The summed E-state index contributed by atoms with van der Waals surface area (Å²) < 4.78 is 4.98. The summed E-state index contributed by atoms with van der Waals surface area (Å²) in [5.74, 6) is 0. The number of hydrogen-bond acceptors (Lipinski definition) is 2. The first-order chi connectivity index (χ1) is 3.91. The molecular weight excluding hydrogens is 139 g/mol. The summed E-state index contributed by atoms with van der Waals surface area (Å²) in [6.45, 7) is 3.03. The lowest BCUT2D eigenvalue weighted by atomic mass is 10.3. The van der Waals surface area contributed by atoms with Crippen LogP contribution in [0.1, 0.15) is 26.2 Å². The molecule has 1 atom stereocenters. The van der Waals surface area contributed by atoms with Crippen molar-refractivity contribution in [2.75, 3.05) is 6.61 Å². The van der Waals surface area contributed by atoms with Crippen molar-refractivity contribution < 1.29 is 4.52 Å². The van der Waals surface area contributed by atoms with Crippen molar-refractivity contribution in [2.45, 2.75) is 26.2 Å². The predicted molar refractivity (Wildman–Crippen MR) is 41.2 cm³/mol. The predicted octanol–water partition coefficient (Wildman–Crippen LogP) is 2.25. The zero-order valence-electron chi connectivity index (χ0n) is 5.14. The topological polar surface area (TPSA) is 9.23 Å². The average Bonchev–Trinajstić information content (AvgIpc) is 1.81. The minimum atomic E-state index is 0.252. The molecule has 0 bridgehead atoms. The molecule has 0 saturated heterocycles. The SMILES string of the molecule is CCCCCO[PH+]=S. The van der Waals surface area contributed by atoms with Crippen LogP contribution in [0.3, 0.4) is 0 Å². The van der Waals surface area contributed by atoms with E-state index in [4.69, 9.17) is 4.52 Å². The third-order valence-corrected chi connectivity index (χ3v) is 1.58. The molecule has 0 radical (unpaired) electrons. The first kappa shape index (κ1) is 8.48. The van der Waals surface area contributed by atoms with E-state index in [-0.39, 0.29) is 7.58 Å². The van der Waals surface area contributed by atoms with E-state index in [0.29, 0.717) is 0 Å². The summed E-state index contributed by atoms with van der Waals surface area (Å²) in [5, 5.41) is 0. The molecule has 0 saturated carbocycles. The molecule has 0 amide bonds. The van der Waals surface area contributed by atoms with E-state index in [1.54, 1.807) is 0 Å². The lowest BCUT2D eigenvalue weighted by Crippen LogP contribution is -1.81. The van der Waals surface area contributed by atoms with Gasteiger partial charge in [-0.2, -0.15) is 4.52 Å². The van der Waals surface area contributed by atoms with Crippen molar-refractivity contribution in [3.05, 3.63) is 0 Å². The number of rotatable bonds is 5. The van der Waals surface area contributed by atoms with E-state index in [2.05, 4.69) is 18.7 Å². The van der Waals surface area contributed by atoms with E-state index < -0.39 is 0 Å². The molecule has 8 heavy (non-hydrogen) atoms. The zero-order valence-corrected chi connectivity index (χ0v) is 6.96. The molecule has 0 spiro atoms. The van der Waals surface area contributed by atoms with Crippen molar-refractivity contribution in [1.29, 1.82) is 0 Å². The van der Waals surface area contributed by atoms with Gasteiger partial charge >= 0.3 is 7.58 Å². The van der Waals surface area contributed by atoms with E-state index in [0.717, 1.165) is 6.61 Å². The van der Waals surface area contributed by atoms with Gasteiger partial charge in [-0.3, -0.25) is 0 Å². The largest absolute Gasteiger partial charge is 0.322 e. The van der Waals surface area contributed by atoms with Crippen LogP contribution in [0.15, 0.2) is 0 Å². The molecule has 1 unspecified atom stereocenters. The maximum atomic E-state index is 4.98. The highest BCUT2D eigenvalue weighted by molar-refractivity contribution is 7.94. The van der Waals surface area contributed by atoms with Crippen LogP contribution in [0.5, 0.6) is 0 Å². The molecule has 0 aromatic heterocycles. The van der Waals surface area contributed by atoms with Gasteiger partial charge in [-0.05, 0) is 6.42 Å². The molecule has 0 aliphatic carbocycles. The Hall–Kier alpha value is 0.480. The van der Waals surface area contributed by atoms with Crippen molar-refractivity contribution >= 4 is 19.4 Å². The van der Waals surface area contributed by atoms with Crippen molar-refractivity contribution in [3.63, 3.8) is 0 Å². The second kappa shape index (κ2) is 7.48. The molecule has 0 aromatic carbocycles. The summed E-state index contributed by atoms with van der Waals surface area (Å²) in [5.41, 5.74) is 0. The van der Waals surface area contributed by atoms with Crippen LogP contribution in [0.4, 0.5) is 0 Å². The highest BCUT2D eigenvalue weighted by Gasteiger charge is 1.87. The van der Waals surface area contributed by atoms with Gasteiger partial charge in [0.05, 0.1) is 0 Å². The molecule has 48 valence electrons. The Morgan fingerprint density at radius 3 is 2.75 bits per heavy atom. The van der Waals surface area contributed by atoms with Crippen LogP contribution in [0.2, 0.25) is 0 Å². The van der Waals surface area contributed by atoms with Gasteiger partial charge in [-0.25, -0.2) is 0 Å². The van der Waals surface area contributed by atoms with E-state index in [9.17, 15) is 0 Å². The standard InChI is InChI=1S/C5H11OPS/c1-2-3-4-5-6-7-8/h2-5H2,1H3/p+1. The van der Waals surface area contributed by atoms with Crippen LogP contribution < -0.4 is 0 Å². The Balaban J connectivity index is 2.62. The lowest BCUT2D eigenvalue weighted by Gasteiger charge is -1.87. The maximum Gasteiger partial charge on any atom is 0.322 e. The second-order valence-corrected chi connectivity index (χ2v) is 2.59. The fraction of sp³-hybridized carbons (Fsp3) is 1.00. The first-order valence-electron chi connectivity index (χ1n) is 2.90. The molecule has 0 N–H and O–H groups in total. The fourth-order valence-electron chi connectivity index (χ4n) is 0.466. The van der Waals surface area contributed by atoms with Crippen LogP contribution in [0, 0.1) is 0 Å². The first-order valence-corrected chi connectivity index (χ1v) is 4.95. The summed E-state index contributed by atoms with van der Waals surface area (Å²) in [6, 6.07) is 0. The van der Waals surface area contributed by atoms with Crippen LogP contribution in [0.25, 0.3) is 0 Å². The van der Waals surface area contributed by atoms with Crippen LogP contribution in [-0.4, -0.2) is 6.61 Å². The summed E-state index contributed by atoms with van der Waals surface area (Å²) in [7, 11) is 0.252. The highest BCUT2D eigenvalue weighted by Crippen LogP contribution is 1.99. The minimum absolute atomic E-state index is 0.252. The Morgan fingerprint density at radius 1 is 1.50 bits per heavy atom. The van der Waals surface area contributed by atoms with Crippen LogP contribution >= 0.6 is 7.58 Å². The quantitative estimate of drug-likeness (QED) is 0.440. The van der Waals surface area contributed by atoms with Crippen molar-refractivity contribution in [1.82, 2.24) is 0 Å².